The summed E-state index contributed by atoms with van der Waals surface area (Å²) in [7, 11) is 4.87. The van der Waals surface area contributed by atoms with Gasteiger partial charge in [-0.25, -0.2) is 9.78 Å². The lowest BCUT2D eigenvalue weighted by Crippen LogP contribution is -2.37. The molecule has 21 heavy (non-hydrogen) atoms. The van der Waals surface area contributed by atoms with Gasteiger partial charge in [0.25, 0.3) is 5.56 Å². The van der Waals surface area contributed by atoms with Gasteiger partial charge < -0.3 is 4.57 Å². The smallest absolute Gasteiger partial charge is 0.312 e. The maximum atomic E-state index is 12.2. The molecule has 3 aromatic rings. The molecule has 3 heterocycles. The second-order valence-electron chi connectivity index (χ2n) is 4.90. The SMILES string of the molecule is CCn1nccc1-c1nc2c(=O)n(C)c(=O)n(C)c2n1C. The minimum atomic E-state index is -0.391. The van der Waals surface area contributed by atoms with E-state index in [2.05, 4.69) is 10.1 Å². The number of imidazole rings is 1. The highest BCUT2D eigenvalue weighted by atomic mass is 16.2. The molecule has 0 amide bonds. The van der Waals surface area contributed by atoms with E-state index in [1.165, 1.54) is 11.6 Å². The first-order chi connectivity index (χ1) is 9.97. The zero-order valence-electron chi connectivity index (χ0n) is 12.4. The van der Waals surface area contributed by atoms with Crippen LogP contribution < -0.4 is 11.2 Å². The molecule has 0 aliphatic rings. The summed E-state index contributed by atoms with van der Waals surface area (Å²) < 4.78 is 6.04. The lowest BCUT2D eigenvalue weighted by Gasteiger charge is -2.07. The minimum absolute atomic E-state index is 0.279. The van der Waals surface area contributed by atoms with Crippen LogP contribution in [-0.2, 0) is 27.7 Å². The Bertz CT molecular complexity index is 956. The molecule has 110 valence electrons. The molecule has 0 bridgehead atoms. The predicted octanol–water partition coefficient (Wildman–Crippen LogP) is -0.146. The Morgan fingerprint density at radius 3 is 2.48 bits per heavy atom. The van der Waals surface area contributed by atoms with E-state index in [1.807, 2.05) is 13.0 Å². The third-order valence-corrected chi connectivity index (χ3v) is 3.71. The van der Waals surface area contributed by atoms with E-state index in [0.29, 0.717) is 18.0 Å². The molecule has 0 fully saturated rings. The molecule has 0 N–H and O–H groups in total. The van der Waals surface area contributed by atoms with Crippen LogP contribution in [0.1, 0.15) is 6.92 Å². The maximum absolute atomic E-state index is 12.2. The number of fused-ring (bicyclic) bond motifs is 1. The number of aryl methyl sites for hydroxylation is 3. The van der Waals surface area contributed by atoms with Crippen molar-refractivity contribution in [3.63, 3.8) is 0 Å². The van der Waals surface area contributed by atoms with Gasteiger partial charge in [0.2, 0.25) is 0 Å². The average molecular weight is 288 g/mol. The zero-order chi connectivity index (χ0) is 15.3. The number of hydrogen-bond donors (Lipinski definition) is 0. The van der Waals surface area contributed by atoms with Crippen LogP contribution in [-0.4, -0.2) is 28.5 Å². The molecule has 0 saturated heterocycles. The molecule has 3 rings (SSSR count). The Balaban J connectivity index is 2.46. The normalized spacial score (nSPS) is 11.4. The summed E-state index contributed by atoms with van der Waals surface area (Å²) in [5, 5.41) is 4.21. The molecule has 3 aromatic heterocycles. The van der Waals surface area contributed by atoms with Crippen molar-refractivity contribution in [1.82, 2.24) is 28.5 Å². The van der Waals surface area contributed by atoms with E-state index in [-0.39, 0.29) is 11.2 Å². The molecule has 0 aliphatic carbocycles. The molecule has 0 radical (unpaired) electrons. The lowest BCUT2D eigenvalue weighted by molar-refractivity contribution is 0.660. The van der Waals surface area contributed by atoms with Crippen LogP contribution in [0.2, 0.25) is 0 Å². The Morgan fingerprint density at radius 1 is 1.10 bits per heavy atom. The van der Waals surface area contributed by atoms with Crippen molar-refractivity contribution in [2.75, 3.05) is 0 Å². The van der Waals surface area contributed by atoms with Crippen LogP contribution in [0.4, 0.5) is 0 Å². The maximum Gasteiger partial charge on any atom is 0.332 e. The molecular formula is C13H16N6O2. The summed E-state index contributed by atoms with van der Waals surface area (Å²) in [6, 6.07) is 1.84. The summed E-state index contributed by atoms with van der Waals surface area (Å²) >= 11 is 0. The molecule has 0 spiro atoms. The summed E-state index contributed by atoms with van der Waals surface area (Å²) in [6.07, 6.45) is 1.69. The standard InChI is InChI=1S/C13H16N6O2/c1-5-19-8(6-7-14-19)10-15-9-11(16(10)2)17(3)13(21)18(4)12(9)20/h6-7H,5H2,1-4H3. The fraction of sp³-hybridized carbons (Fsp3) is 0.385. The summed E-state index contributed by atoms with van der Waals surface area (Å²) in [6.45, 7) is 2.68. The van der Waals surface area contributed by atoms with E-state index in [1.54, 1.807) is 29.5 Å². The molecule has 0 aliphatic heterocycles. The third-order valence-electron chi connectivity index (χ3n) is 3.71. The summed E-state index contributed by atoms with van der Waals surface area (Å²) in [5.74, 6) is 0.614. The Morgan fingerprint density at radius 2 is 1.81 bits per heavy atom. The highest BCUT2D eigenvalue weighted by Crippen LogP contribution is 2.20. The second kappa shape index (κ2) is 4.44. The van der Waals surface area contributed by atoms with Crippen LogP contribution in [0.25, 0.3) is 22.7 Å². The van der Waals surface area contributed by atoms with Gasteiger partial charge >= 0.3 is 5.69 Å². The van der Waals surface area contributed by atoms with Crippen molar-refractivity contribution in [3.05, 3.63) is 33.1 Å². The van der Waals surface area contributed by atoms with Gasteiger partial charge in [0.05, 0.1) is 0 Å². The van der Waals surface area contributed by atoms with Crippen molar-refractivity contribution in [3.8, 4) is 11.5 Å². The topological polar surface area (TPSA) is 79.6 Å². The number of rotatable bonds is 2. The van der Waals surface area contributed by atoms with Gasteiger partial charge in [0.15, 0.2) is 11.3 Å². The number of hydrogen-bond acceptors (Lipinski definition) is 4. The van der Waals surface area contributed by atoms with E-state index >= 15 is 0 Å². The molecule has 0 saturated carbocycles. The van der Waals surface area contributed by atoms with Gasteiger partial charge in [0, 0.05) is 33.9 Å². The van der Waals surface area contributed by atoms with Crippen LogP contribution in [0.5, 0.6) is 0 Å². The van der Waals surface area contributed by atoms with Gasteiger partial charge in [-0.2, -0.15) is 5.10 Å². The van der Waals surface area contributed by atoms with Gasteiger partial charge in [-0.05, 0) is 13.0 Å². The van der Waals surface area contributed by atoms with Crippen LogP contribution in [0.3, 0.4) is 0 Å². The van der Waals surface area contributed by atoms with Crippen molar-refractivity contribution in [2.24, 2.45) is 21.1 Å². The monoisotopic (exact) mass is 288 g/mol. The summed E-state index contributed by atoms with van der Waals surface area (Å²) in [4.78, 5) is 28.7. The molecule has 0 unspecified atom stereocenters. The third kappa shape index (κ3) is 1.68. The lowest BCUT2D eigenvalue weighted by atomic mass is 10.4. The summed E-state index contributed by atoms with van der Waals surface area (Å²) in [5.41, 5.74) is 0.831. The van der Waals surface area contributed by atoms with Gasteiger partial charge in [-0.3, -0.25) is 18.6 Å². The number of aromatic nitrogens is 6. The fourth-order valence-corrected chi connectivity index (χ4v) is 2.58. The van der Waals surface area contributed by atoms with Gasteiger partial charge in [-0.1, -0.05) is 0 Å². The highest BCUT2D eigenvalue weighted by Gasteiger charge is 2.19. The van der Waals surface area contributed by atoms with Crippen LogP contribution in [0.15, 0.2) is 21.9 Å². The van der Waals surface area contributed by atoms with E-state index in [4.69, 9.17) is 0 Å². The van der Waals surface area contributed by atoms with Crippen molar-refractivity contribution in [1.29, 1.82) is 0 Å². The number of nitrogens with zero attached hydrogens (tertiary/aromatic N) is 6. The molecule has 8 nitrogen and oxygen atoms in total. The Kier molecular flexibility index (Phi) is 2.82. The van der Waals surface area contributed by atoms with Gasteiger partial charge in [-0.15, -0.1) is 0 Å². The quantitative estimate of drug-likeness (QED) is 0.657. The fourth-order valence-electron chi connectivity index (χ4n) is 2.58. The van der Waals surface area contributed by atoms with Crippen molar-refractivity contribution in [2.45, 2.75) is 13.5 Å². The molecule has 8 heteroatoms. The molecule has 0 atom stereocenters. The first-order valence-corrected chi connectivity index (χ1v) is 6.62. The van der Waals surface area contributed by atoms with Crippen molar-refractivity contribution >= 4 is 11.2 Å². The largest absolute Gasteiger partial charge is 0.332 e. The minimum Gasteiger partial charge on any atom is -0.312 e. The molecular weight excluding hydrogens is 272 g/mol. The molecule has 0 aromatic carbocycles. The highest BCUT2D eigenvalue weighted by molar-refractivity contribution is 5.75. The first kappa shape index (κ1) is 13.3. The van der Waals surface area contributed by atoms with E-state index in [9.17, 15) is 9.59 Å². The Labute approximate surface area is 119 Å². The second-order valence-corrected chi connectivity index (χ2v) is 4.90. The van der Waals surface area contributed by atoms with Crippen LogP contribution in [0, 0.1) is 0 Å². The van der Waals surface area contributed by atoms with E-state index < -0.39 is 5.56 Å². The van der Waals surface area contributed by atoms with Gasteiger partial charge in [0.1, 0.15) is 11.3 Å². The average Bonchev–Trinajstić information content (AvgIpc) is 3.06. The predicted molar refractivity (Wildman–Crippen MR) is 78.1 cm³/mol. The zero-order valence-corrected chi connectivity index (χ0v) is 12.4. The van der Waals surface area contributed by atoms with Crippen LogP contribution >= 0.6 is 0 Å². The first-order valence-electron chi connectivity index (χ1n) is 6.62. The van der Waals surface area contributed by atoms with E-state index in [0.717, 1.165) is 10.3 Å². The Hall–Kier alpha value is -2.64. The van der Waals surface area contributed by atoms with Crippen molar-refractivity contribution < 1.29 is 0 Å².